The van der Waals surface area contributed by atoms with Crippen LogP contribution >= 0.6 is 23.2 Å². The van der Waals surface area contributed by atoms with Crippen molar-refractivity contribution < 1.29 is 18.7 Å². The molecule has 0 aliphatic rings. The summed E-state index contributed by atoms with van der Waals surface area (Å²) in [6.45, 7) is 6.20. The average molecular weight is 521 g/mol. The zero-order valence-electron chi connectivity index (χ0n) is 19.9. The molecule has 0 atom stereocenters. The fraction of sp³-hybridized carbons (Fsp3) is 0.320. The summed E-state index contributed by atoms with van der Waals surface area (Å²) >= 11 is 12.3. The molecule has 0 unspecified atom stereocenters. The Hall–Kier alpha value is -2.94. The summed E-state index contributed by atoms with van der Waals surface area (Å²) < 4.78 is 19.9. The molecule has 3 aromatic rings. The van der Waals surface area contributed by atoms with E-state index < -0.39 is 17.6 Å². The lowest BCUT2D eigenvalue weighted by Crippen LogP contribution is -2.40. The molecule has 0 saturated heterocycles. The summed E-state index contributed by atoms with van der Waals surface area (Å²) in [4.78, 5) is 27.4. The van der Waals surface area contributed by atoms with E-state index in [-0.39, 0.29) is 30.7 Å². The number of carbonyl (C=O) groups is 2. The second-order valence-corrected chi connectivity index (χ2v) is 9.76. The molecule has 1 N–H and O–H groups in total. The molecule has 0 fully saturated rings. The molecule has 1 heterocycles. The molecule has 186 valence electrons. The van der Waals surface area contributed by atoms with Crippen molar-refractivity contribution in [3.63, 3.8) is 0 Å². The number of hydrogen-bond acceptors (Lipinski definition) is 4. The zero-order valence-corrected chi connectivity index (χ0v) is 21.5. The summed E-state index contributed by atoms with van der Waals surface area (Å²) in [7, 11) is 1.50. The Bertz CT molecular complexity index is 1210. The van der Waals surface area contributed by atoms with Gasteiger partial charge in [0.05, 0.1) is 28.0 Å². The highest BCUT2D eigenvalue weighted by molar-refractivity contribution is 6.42. The molecule has 0 aliphatic heterocycles. The van der Waals surface area contributed by atoms with Crippen LogP contribution in [0.25, 0.3) is 5.69 Å². The SMILES string of the molecule is COCCN(CC(=O)Nc1cc(C(C)(C)C)nn1-c1ccc(Cl)c(Cl)c1)C(=O)c1ccc(F)cc1. The van der Waals surface area contributed by atoms with E-state index in [1.54, 1.807) is 28.9 Å². The molecule has 0 spiro atoms. The lowest BCUT2D eigenvalue weighted by atomic mass is 9.92. The van der Waals surface area contributed by atoms with Crippen molar-refractivity contribution in [3.8, 4) is 5.69 Å². The molecule has 0 radical (unpaired) electrons. The molecule has 3 rings (SSSR count). The minimum absolute atomic E-state index is 0.180. The summed E-state index contributed by atoms with van der Waals surface area (Å²) in [5.41, 5.74) is 1.34. The second-order valence-electron chi connectivity index (χ2n) is 8.95. The van der Waals surface area contributed by atoms with Gasteiger partial charge in [-0.1, -0.05) is 44.0 Å². The minimum Gasteiger partial charge on any atom is -0.383 e. The number of carbonyl (C=O) groups excluding carboxylic acids is 2. The number of rotatable bonds is 8. The van der Waals surface area contributed by atoms with Crippen molar-refractivity contribution in [2.75, 3.05) is 32.1 Å². The molecule has 7 nitrogen and oxygen atoms in total. The van der Waals surface area contributed by atoms with Crippen LogP contribution in [-0.2, 0) is 14.9 Å². The van der Waals surface area contributed by atoms with Crippen molar-refractivity contribution in [1.82, 2.24) is 14.7 Å². The van der Waals surface area contributed by atoms with Crippen LogP contribution in [0.5, 0.6) is 0 Å². The van der Waals surface area contributed by atoms with Gasteiger partial charge in [0.25, 0.3) is 5.91 Å². The van der Waals surface area contributed by atoms with E-state index in [4.69, 9.17) is 27.9 Å². The molecule has 0 aliphatic carbocycles. The van der Waals surface area contributed by atoms with E-state index in [0.717, 1.165) is 5.69 Å². The Morgan fingerprint density at radius 2 is 1.77 bits per heavy atom. The molecule has 2 aromatic carbocycles. The first-order chi connectivity index (χ1) is 16.5. The number of methoxy groups -OCH3 is 1. The molecular weight excluding hydrogens is 494 g/mol. The van der Waals surface area contributed by atoms with Crippen LogP contribution < -0.4 is 5.32 Å². The number of ether oxygens (including phenoxy) is 1. The van der Waals surface area contributed by atoms with Gasteiger partial charge < -0.3 is 15.0 Å². The van der Waals surface area contributed by atoms with E-state index in [0.29, 0.717) is 21.6 Å². The third-order valence-corrected chi connectivity index (χ3v) is 5.91. The fourth-order valence-corrected chi connectivity index (χ4v) is 3.53. The number of halogens is 3. The third-order valence-electron chi connectivity index (χ3n) is 5.17. The van der Waals surface area contributed by atoms with Crippen LogP contribution in [0, 0.1) is 5.82 Å². The lowest BCUT2D eigenvalue weighted by Gasteiger charge is -2.22. The Balaban J connectivity index is 1.87. The van der Waals surface area contributed by atoms with E-state index in [2.05, 4.69) is 10.4 Å². The second kappa shape index (κ2) is 11.2. The first kappa shape index (κ1) is 26.7. The monoisotopic (exact) mass is 520 g/mol. The van der Waals surface area contributed by atoms with Crippen LogP contribution in [-0.4, -0.2) is 53.3 Å². The predicted molar refractivity (Wildman–Crippen MR) is 135 cm³/mol. The quantitative estimate of drug-likeness (QED) is 0.434. The van der Waals surface area contributed by atoms with Gasteiger partial charge in [-0.25, -0.2) is 9.07 Å². The van der Waals surface area contributed by atoms with Gasteiger partial charge in [0.15, 0.2) is 0 Å². The predicted octanol–water partition coefficient (Wildman–Crippen LogP) is 5.34. The number of nitrogens with one attached hydrogen (secondary N) is 1. The molecule has 0 bridgehead atoms. The molecule has 2 amide bonds. The first-order valence-electron chi connectivity index (χ1n) is 10.9. The number of aromatic nitrogens is 2. The van der Waals surface area contributed by atoms with Crippen molar-refractivity contribution in [3.05, 3.63) is 75.7 Å². The third kappa shape index (κ3) is 6.81. The number of hydrogen-bond donors (Lipinski definition) is 1. The summed E-state index contributed by atoms with van der Waals surface area (Å²) in [6.07, 6.45) is 0. The molecule has 0 saturated carbocycles. The Kier molecular flexibility index (Phi) is 8.53. The zero-order chi connectivity index (χ0) is 25.8. The van der Waals surface area contributed by atoms with Gasteiger partial charge in [0.2, 0.25) is 5.91 Å². The van der Waals surface area contributed by atoms with Gasteiger partial charge >= 0.3 is 0 Å². The van der Waals surface area contributed by atoms with E-state index in [1.807, 2.05) is 20.8 Å². The van der Waals surface area contributed by atoms with Crippen LogP contribution in [0.2, 0.25) is 10.0 Å². The fourth-order valence-electron chi connectivity index (χ4n) is 3.23. The largest absolute Gasteiger partial charge is 0.383 e. The summed E-state index contributed by atoms with van der Waals surface area (Å²) in [6, 6.07) is 12.0. The Labute approximate surface area is 213 Å². The topological polar surface area (TPSA) is 76.5 Å². The normalized spacial score (nSPS) is 11.4. The van der Waals surface area contributed by atoms with Gasteiger partial charge in [-0.3, -0.25) is 9.59 Å². The maximum Gasteiger partial charge on any atom is 0.254 e. The van der Waals surface area contributed by atoms with Crippen molar-refractivity contribution in [2.24, 2.45) is 0 Å². The van der Waals surface area contributed by atoms with Gasteiger partial charge in [0, 0.05) is 30.7 Å². The summed E-state index contributed by atoms with van der Waals surface area (Å²) in [5, 5.41) is 8.26. The molecule has 1 aromatic heterocycles. The number of amides is 2. The van der Waals surface area contributed by atoms with Crippen LogP contribution in [0.15, 0.2) is 48.5 Å². The van der Waals surface area contributed by atoms with Crippen molar-refractivity contribution >= 4 is 40.8 Å². The van der Waals surface area contributed by atoms with Crippen LogP contribution in [0.1, 0.15) is 36.8 Å². The van der Waals surface area contributed by atoms with E-state index in [1.165, 1.54) is 36.3 Å². The highest BCUT2D eigenvalue weighted by atomic mass is 35.5. The number of anilines is 1. The smallest absolute Gasteiger partial charge is 0.254 e. The van der Waals surface area contributed by atoms with E-state index in [9.17, 15) is 14.0 Å². The maximum atomic E-state index is 13.3. The first-order valence-corrected chi connectivity index (χ1v) is 11.6. The van der Waals surface area contributed by atoms with Gasteiger partial charge in [-0.2, -0.15) is 5.10 Å². The Morgan fingerprint density at radius 1 is 1.09 bits per heavy atom. The van der Waals surface area contributed by atoms with Gasteiger partial charge in [-0.15, -0.1) is 0 Å². The number of benzene rings is 2. The molecule has 35 heavy (non-hydrogen) atoms. The van der Waals surface area contributed by atoms with Crippen LogP contribution in [0.3, 0.4) is 0 Å². The highest BCUT2D eigenvalue weighted by Gasteiger charge is 2.24. The average Bonchev–Trinajstić information content (AvgIpc) is 3.22. The Morgan fingerprint density at radius 3 is 2.37 bits per heavy atom. The lowest BCUT2D eigenvalue weighted by molar-refractivity contribution is -0.117. The van der Waals surface area contributed by atoms with Crippen molar-refractivity contribution in [1.29, 1.82) is 0 Å². The number of nitrogens with zero attached hydrogens (tertiary/aromatic N) is 3. The van der Waals surface area contributed by atoms with E-state index >= 15 is 0 Å². The van der Waals surface area contributed by atoms with Gasteiger partial charge in [-0.05, 0) is 42.5 Å². The molecular formula is C25H27Cl2FN4O3. The van der Waals surface area contributed by atoms with Gasteiger partial charge in [0.1, 0.15) is 18.2 Å². The minimum atomic E-state index is -0.451. The highest BCUT2D eigenvalue weighted by Crippen LogP contribution is 2.29. The van der Waals surface area contributed by atoms with Crippen molar-refractivity contribution in [2.45, 2.75) is 26.2 Å². The summed E-state index contributed by atoms with van der Waals surface area (Å²) in [5.74, 6) is -0.879. The van der Waals surface area contributed by atoms with Crippen LogP contribution in [0.4, 0.5) is 10.2 Å². The maximum absolute atomic E-state index is 13.3. The standard InChI is InChI=1S/C25H27Cl2FN4O3/c1-25(2,3)21-14-22(32(30-21)18-9-10-19(26)20(27)13-18)29-23(33)15-31(11-12-35-4)24(34)16-5-7-17(28)8-6-16/h5-10,13-14H,11-12,15H2,1-4H3,(H,29,33). The molecule has 10 heteroatoms.